The van der Waals surface area contributed by atoms with Gasteiger partial charge in [0.05, 0.1) is 12.5 Å². The van der Waals surface area contributed by atoms with Crippen LogP contribution in [0.4, 0.5) is 0 Å². The van der Waals surface area contributed by atoms with E-state index in [-0.39, 0.29) is 0 Å². The van der Waals surface area contributed by atoms with Crippen LogP contribution in [0, 0.1) is 6.92 Å². The molecular weight excluding hydrogens is 677 g/mol. The van der Waals surface area contributed by atoms with Gasteiger partial charge in [0.15, 0.2) is 11.5 Å². The number of rotatable bonds is 10. The van der Waals surface area contributed by atoms with Gasteiger partial charge in [0.1, 0.15) is 28.7 Å². The quantitative estimate of drug-likeness (QED) is 0.141. The van der Waals surface area contributed by atoms with Gasteiger partial charge in [0.25, 0.3) is 0 Å². The minimum atomic E-state index is -0.529. The largest absolute Gasteiger partial charge is 0.497 e. The summed E-state index contributed by atoms with van der Waals surface area (Å²) in [5.74, 6) is 5.05. The molecule has 0 aromatic heterocycles. The van der Waals surface area contributed by atoms with Gasteiger partial charge in [-0.3, -0.25) is 0 Å². The Morgan fingerprint density at radius 3 is 1.36 bits per heavy atom. The van der Waals surface area contributed by atoms with Crippen molar-refractivity contribution in [3.05, 3.63) is 222 Å². The molecule has 0 N–H and O–H groups in total. The molecule has 266 valence electrons. The summed E-state index contributed by atoms with van der Waals surface area (Å²) in [6, 6.07) is 66.3. The van der Waals surface area contributed by atoms with Crippen LogP contribution in [0.3, 0.4) is 0 Å². The summed E-state index contributed by atoms with van der Waals surface area (Å²) >= 11 is 0. The highest BCUT2D eigenvalue weighted by atomic mass is 16.5. The zero-order valence-electron chi connectivity index (χ0n) is 30.6. The molecule has 0 heterocycles. The van der Waals surface area contributed by atoms with Crippen LogP contribution >= 0.6 is 0 Å². The Bertz CT molecular complexity index is 2550. The van der Waals surface area contributed by atoms with Crippen molar-refractivity contribution >= 4 is 0 Å². The minimum Gasteiger partial charge on any atom is -0.497 e. The maximum absolute atomic E-state index is 6.65. The Kier molecular flexibility index (Phi) is 8.85. The molecule has 0 amide bonds. The summed E-state index contributed by atoms with van der Waals surface area (Å²) in [5.41, 5.74) is 9.79. The fourth-order valence-electron chi connectivity index (χ4n) is 7.74. The topological polar surface area (TPSA) is 36.9 Å². The van der Waals surface area contributed by atoms with E-state index < -0.39 is 5.41 Å². The van der Waals surface area contributed by atoms with E-state index in [0.717, 1.165) is 45.3 Å². The predicted octanol–water partition coefficient (Wildman–Crippen LogP) is 13.4. The molecule has 0 atom stereocenters. The fourth-order valence-corrected chi connectivity index (χ4v) is 7.74. The van der Waals surface area contributed by atoms with Crippen LogP contribution in [0.25, 0.3) is 22.3 Å². The third-order valence-corrected chi connectivity index (χ3v) is 10.4. The molecule has 8 aromatic carbocycles. The third kappa shape index (κ3) is 6.28. The number of methoxy groups -OCH3 is 1. The highest BCUT2D eigenvalue weighted by Crippen LogP contribution is 2.56. The first-order chi connectivity index (χ1) is 27.1. The van der Waals surface area contributed by atoms with Crippen LogP contribution in [0.1, 0.15) is 27.8 Å². The Balaban J connectivity index is 1.09. The van der Waals surface area contributed by atoms with E-state index in [1.54, 1.807) is 7.11 Å². The lowest BCUT2D eigenvalue weighted by Gasteiger charge is -2.34. The smallest absolute Gasteiger partial charge is 0.170 e. The second-order valence-electron chi connectivity index (χ2n) is 13.7. The normalized spacial score (nSPS) is 12.3. The zero-order valence-corrected chi connectivity index (χ0v) is 30.6. The summed E-state index contributed by atoms with van der Waals surface area (Å²) in [5, 5.41) is 0. The molecule has 0 spiro atoms. The van der Waals surface area contributed by atoms with E-state index in [0.29, 0.717) is 17.2 Å². The lowest BCUT2D eigenvalue weighted by molar-refractivity contribution is 0.414. The van der Waals surface area contributed by atoms with Crippen LogP contribution in [0.5, 0.6) is 40.2 Å². The van der Waals surface area contributed by atoms with Gasteiger partial charge in [-0.2, -0.15) is 0 Å². The van der Waals surface area contributed by atoms with Crippen LogP contribution in [0.15, 0.2) is 194 Å². The first-order valence-corrected chi connectivity index (χ1v) is 18.4. The van der Waals surface area contributed by atoms with Gasteiger partial charge in [-0.25, -0.2) is 0 Å². The molecule has 0 saturated carbocycles. The highest BCUT2D eigenvalue weighted by Gasteiger charge is 2.45. The van der Waals surface area contributed by atoms with Gasteiger partial charge in [0.2, 0.25) is 0 Å². The Morgan fingerprint density at radius 1 is 0.364 bits per heavy atom. The number of aryl methyl sites for hydroxylation is 1. The van der Waals surface area contributed by atoms with Crippen LogP contribution < -0.4 is 18.9 Å². The molecule has 55 heavy (non-hydrogen) atoms. The average molecular weight is 715 g/mol. The molecule has 1 aliphatic carbocycles. The monoisotopic (exact) mass is 714 g/mol. The molecule has 0 unspecified atom stereocenters. The molecule has 9 rings (SSSR count). The van der Waals surface area contributed by atoms with Gasteiger partial charge >= 0.3 is 0 Å². The van der Waals surface area contributed by atoms with Gasteiger partial charge in [-0.05, 0) is 124 Å². The van der Waals surface area contributed by atoms with Gasteiger partial charge in [-0.1, -0.05) is 127 Å². The molecular formula is C51H38O4. The van der Waals surface area contributed by atoms with Crippen molar-refractivity contribution < 1.29 is 18.9 Å². The van der Waals surface area contributed by atoms with E-state index in [9.17, 15) is 0 Å². The van der Waals surface area contributed by atoms with Crippen molar-refractivity contribution in [1.29, 1.82) is 0 Å². The summed E-state index contributed by atoms with van der Waals surface area (Å²) in [4.78, 5) is 0. The SMILES string of the molecule is COc1ccc(C2(c3ccc(Oc4ccc(-c5ccc(C)c(Oc6ccccc6)c5)cc4Oc4ccccc4)cc3)c3ccccc3-c3ccccc32)cc1. The van der Waals surface area contributed by atoms with Crippen molar-refractivity contribution in [3.8, 4) is 62.5 Å². The van der Waals surface area contributed by atoms with E-state index >= 15 is 0 Å². The van der Waals surface area contributed by atoms with Crippen molar-refractivity contribution in [2.75, 3.05) is 7.11 Å². The Morgan fingerprint density at radius 2 is 0.800 bits per heavy atom. The van der Waals surface area contributed by atoms with Crippen molar-refractivity contribution in [3.63, 3.8) is 0 Å². The van der Waals surface area contributed by atoms with Gasteiger partial charge < -0.3 is 18.9 Å². The van der Waals surface area contributed by atoms with E-state index in [1.807, 2.05) is 84.9 Å². The highest BCUT2D eigenvalue weighted by molar-refractivity contribution is 5.86. The van der Waals surface area contributed by atoms with Crippen molar-refractivity contribution in [2.45, 2.75) is 12.3 Å². The first-order valence-electron chi connectivity index (χ1n) is 18.4. The molecule has 0 radical (unpaired) electrons. The van der Waals surface area contributed by atoms with E-state index in [1.165, 1.54) is 27.8 Å². The van der Waals surface area contributed by atoms with Crippen LogP contribution in [-0.2, 0) is 5.41 Å². The molecule has 0 aliphatic heterocycles. The first kappa shape index (κ1) is 33.8. The predicted molar refractivity (Wildman–Crippen MR) is 220 cm³/mol. The summed E-state index contributed by atoms with van der Waals surface area (Å²) in [7, 11) is 1.70. The number of ether oxygens (including phenoxy) is 4. The molecule has 4 heteroatoms. The fraction of sp³-hybridized carbons (Fsp3) is 0.0588. The molecule has 4 nitrogen and oxygen atoms in total. The zero-order chi connectivity index (χ0) is 37.2. The van der Waals surface area contributed by atoms with E-state index in [2.05, 4.69) is 116 Å². The number of hydrogen-bond donors (Lipinski definition) is 0. The summed E-state index contributed by atoms with van der Waals surface area (Å²) < 4.78 is 25.0. The molecule has 0 bridgehead atoms. The maximum Gasteiger partial charge on any atom is 0.170 e. The van der Waals surface area contributed by atoms with Gasteiger partial charge in [-0.15, -0.1) is 0 Å². The second kappa shape index (κ2) is 14.4. The Labute approximate surface area is 321 Å². The third-order valence-electron chi connectivity index (χ3n) is 10.4. The average Bonchev–Trinajstić information content (AvgIpc) is 3.54. The number of para-hydroxylation sites is 2. The van der Waals surface area contributed by atoms with Crippen LogP contribution in [0.2, 0.25) is 0 Å². The maximum atomic E-state index is 6.65. The summed E-state index contributed by atoms with van der Waals surface area (Å²) in [6.07, 6.45) is 0. The van der Waals surface area contributed by atoms with Gasteiger partial charge in [0, 0.05) is 0 Å². The summed E-state index contributed by atoms with van der Waals surface area (Å²) in [6.45, 7) is 2.05. The number of hydrogen-bond acceptors (Lipinski definition) is 4. The van der Waals surface area contributed by atoms with E-state index in [4.69, 9.17) is 18.9 Å². The standard InChI is InChI=1S/C51H38O4/c1-35-21-22-36(33-49(35)54-41-13-5-3-6-14-41)37-23-32-48(50(34-37)55-42-15-7-4-8-16-42)53-43-30-26-39(27-31-43)51(38-24-28-40(52-2)29-25-38)46-19-11-9-17-44(46)45-18-10-12-20-47(45)51/h3-34H,1-2H3. The lowest BCUT2D eigenvalue weighted by Crippen LogP contribution is -2.28. The number of fused-ring (bicyclic) bond motifs is 3. The second-order valence-corrected chi connectivity index (χ2v) is 13.7. The lowest BCUT2D eigenvalue weighted by atomic mass is 9.68. The number of benzene rings is 8. The molecule has 8 aromatic rings. The van der Waals surface area contributed by atoms with Crippen molar-refractivity contribution in [2.24, 2.45) is 0 Å². The van der Waals surface area contributed by atoms with Crippen molar-refractivity contribution in [1.82, 2.24) is 0 Å². The molecule has 0 fully saturated rings. The molecule has 0 saturated heterocycles. The minimum absolute atomic E-state index is 0.529. The Hall–Kier alpha value is -7.04. The molecule has 1 aliphatic rings. The van der Waals surface area contributed by atoms with Crippen LogP contribution in [-0.4, -0.2) is 7.11 Å².